The molecular formula is C18H16F3N3O2. The fraction of sp³-hybridized carbons (Fsp3) is 0.389. The van der Waals surface area contributed by atoms with Gasteiger partial charge in [-0.25, -0.2) is 4.98 Å². The summed E-state index contributed by atoms with van der Waals surface area (Å²) in [6.45, 7) is 0.214. The van der Waals surface area contributed by atoms with Crippen LogP contribution in [0.1, 0.15) is 57.2 Å². The summed E-state index contributed by atoms with van der Waals surface area (Å²) in [6, 6.07) is 4.93. The number of rotatable bonds is 2. The maximum absolute atomic E-state index is 13.2. The summed E-state index contributed by atoms with van der Waals surface area (Å²) in [5, 5.41) is 2.62. The Morgan fingerprint density at radius 2 is 1.96 bits per heavy atom. The fourth-order valence-electron chi connectivity index (χ4n) is 3.66. The number of Topliss-reactive ketones (excluding diaryl/α,β-unsaturated/α-hetero) is 1. The first-order valence-electron chi connectivity index (χ1n) is 8.48. The summed E-state index contributed by atoms with van der Waals surface area (Å²) in [5.41, 5.74) is 2.10. The highest BCUT2D eigenvalue weighted by Gasteiger charge is 2.40. The van der Waals surface area contributed by atoms with Crippen molar-refractivity contribution < 1.29 is 22.8 Å². The first-order valence-corrected chi connectivity index (χ1v) is 8.48. The molecule has 0 radical (unpaired) electrons. The monoisotopic (exact) mass is 363 g/mol. The first-order chi connectivity index (χ1) is 12.3. The highest BCUT2D eigenvalue weighted by atomic mass is 19.4. The smallest absolute Gasteiger partial charge is 0.324 e. The molecule has 8 heteroatoms. The summed E-state index contributed by atoms with van der Waals surface area (Å²) in [4.78, 5) is 27.9. The molecule has 1 aliphatic carbocycles. The molecule has 136 valence electrons. The third-order valence-corrected chi connectivity index (χ3v) is 4.87. The van der Waals surface area contributed by atoms with Crippen molar-refractivity contribution >= 4 is 17.4 Å². The van der Waals surface area contributed by atoms with Crippen molar-refractivity contribution in [3.8, 4) is 0 Å². The molecule has 4 rings (SSSR count). The minimum atomic E-state index is -4.60. The van der Waals surface area contributed by atoms with Crippen molar-refractivity contribution in [3.05, 3.63) is 46.5 Å². The molecule has 1 amide bonds. The van der Waals surface area contributed by atoms with Crippen LogP contribution in [0.2, 0.25) is 0 Å². The Labute approximate surface area is 147 Å². The van der Waals surface area contributed by atoms with Crippen LogP contribution in [0.15, 0.2) is 18.2 Å². The number of carbonyl (C=O) groups is 2. The van der Waals surface area contributed by atoms with Crippen LogP contribution in [0.3, 0.4) is 0 Å². The lowest BCUT2D eigenvalue weighted by molar-refractivity contribution is -0.147. The van der Waals surface area contributed by atoms with Crippen LogP contribution < -0.4 is 5.32 Å². The van der Waals surface area contributed by atoms with Crippen molar-refractivity contribution in [1.82, 2.24) is 9.55 Å². The van der Waals surface area contributed by atoms with E-state index in [-0.39, 0.29) is 18.0 Å². The van der Waals surface area contributed by atoms with Gasteiger partial charge in [0.15, 0.2) is 5.78 Å². The highest BCUT2D eigenvalue weighted by molar-refractivity contribution is 6.05. The average Bonchev–Trinajstić information content (AvgIpc) is 3.16. The molecule has 1 N–H and O–H groups in total. The van der Waals surface area contributed by atoms with Crippen LogP contribution >= 0.6 is 0 Å². The number of halogens is 3. The molecule has 2 aliphatic rings. The number of nitrogens with one attached hydrogen (secondary N) is 1. The molecule has 26 heavy (non-hydrogen) atoms. The van der Waals surface area contributed by atoms with Crippen molar-refractivity contribution in [2.24, 2.45) is 0 Å². The van der Waals surface area contributed by atoms with Crippen molar-refractivity contribution in [2.75, 3.05) is 5.32 Å². The maximum atomic E-state index is 13.2. The number of anilines is 1. The van der Waals surface area contributed by atoms with Crippen molar-refractivity contribution in [1.29, 1.82) is 0 Å². The summed E-state index contributed by atoms with van der Waals surface area (Å²) >= 11 is 0. The van der Waals surface area contributed by atoms with Crippen LogP contribution in [-0.2, 0) is 25.6 Å². The fourth-order valence-corrected chi connectivity index (χ4v) is 3.66. The average molecular weight is 363 g/mol. The van der Waals surface area contributed by atoms with Gasteiger partial charge in [0, 0.05) is 24.2 Å². The van der Waals surface area contributed by atoms with E-state index in [0.717, 1.165) is 16.6 Å². The number of hydrogen-bond donors (Lipinski definition) is 1. The highest BCUT2D eigenvalue weighted by Crippen LogP contribution is 2.33. The van der Waals surface area contributed by atoms with E-state index in [4.69, 9.17) is 0 Å². The molecule has 0 unspecified atom stereocenters. The van der Waals surface area contributed by atoms with Gasteiger partial charge in [0.25, 0.3) is 5.91 Å². The molecule has 0 fully saturated rings. The van der Waals surface area contributed by atoms with Gasteiger partial charge in [0.05, 0.1) is 5.69 Å². The van der Waals surface area contributed by atoms with E-state index in [1.165, 1.54) is 0 Å². The van der Waals surface area contributed by atoms with Gasteiger partial charge < -0.3 is 9.88 Å². The van der Waals surface area contributed by atoms with E-state index in [0.29, 0.717) is 42.6 Å². The third-order valence-electron chi connectivity index (χ3n) is 4.87. The van der Waals surface area contributed by atoms with Crippen LogP contribution in [0.5, 0.6) is 0 Å². The number of hydrogen-bond acceptors (Lipinski definition) is 3. The predicted octanol–water partition coefficient (Wildman–Crippen LogP) is 3.62. The normalized spacial score (nSPS) is 16.3. The molecule has 2 heterocycles. The third kappa shape index (κ3) is 2.79. The van der Waals surface area contributed by atoms with Gasteiger partial charge >= 0.3 is 6.18 Å². The van der Waals surface area contributed by atoms with E-state index in [1.54, 1.807) is 18.2 Å². The molecule has 0 saturated carbocycles. The van der Waals surface area contributed by atoms with Crippen molar-refractivity contribution in [3.63, 3.8) is 0 Å². The Balaban J connectivity index is 1.65. The summed E-state index contributed by atoms with van der Waals surface area (Å²) < 4.78 is 40.8. The molecule has 1 aromatic carbocycles. The summed E-state index contributed by atoms with van der Waals surface area (Å²) in [7, 11) is 0. The van der Waals surface area contributed by atoms with Gasteiger partial charge in [0.1, 0.15) is 5.69 Å². The number of carbonyl (C=O) groups excluding carboxylic acids is 2. The van der Waals surface area contributed by atoms with Gasteiger partial charge in [-0.2, -0.15) is 13.2 Å². The van der Waals surface area contributed by atoms with Crippen LogP contribution in [0.4, 0.5) is 18.9 Å². The second kappa shape index (κ2) is 5.96. The first kappa shape index (κ1) is 16.8. The minimum absolute atomic E-state index is 0.0656. The molecule has 1 aromatic heterocycles. The lowest BCUT2D eigenvalue weighted by Gasteiger charge is -2.18. The molecule has 0 bridgehead atoms. The number of benzene rings is 1. The topological polar surface area (TPSA) is 64.0 Å². The zero-order valence-electron chi connectivity index (χ0n) is 13.8. The number of aryl methyl sites for hydroxylation is 1. The number of fused-ring (bicyclic) bond motifs is 2. The second-order valence-corrected chi connectivity index (χ2v) is 6.59. The molecule has 5 nitrogen and oxygen atoms in total. The zero-order valence-corrected chi connectivity index (χ0v) is 13.8. The second-order valence-electron chi connectivity index (χ2n) is 6.59. The van der Waals surface area contributed by atoms with Gasteiger partial charge in [-0.3, -0.25) is 9.59 Å². The largest absolute Gasteiger partial charge is 0.449 e. The van der Waals surface area contributed by atoms with Crippen molar-refractivity contribution in [2.45, 2.75) is 44.8 Å². The van der Waals surface area contributed by atoms with Gasteiger partial charge in [0.2, 0.25) is 5.82 Å². The molecular weight excluding hydrogens is 347 g/mol. The Kier molecular flexibility index (Phi) is 3.86. The van der Waals surface area contributed by atoms with E-state index in [2.05, 4.69) is 10.3 Å². The zero-order chi connectivity index (χ0) is 18.5. The SMILES string of the molecule is O=C1CCc2cc(NC(=O)c3nc(C(F)(F)F)n4c3CCCC4)ccc21. The summed E-state index contributed by atoms with van der Waals surface area (Å²) in [5.74, 6) is -1.61. The van der Waals surface area contributed by atoms with E-state index >= 15 is 0 Å². The molecule has 0 spiro atoms. The quantitative estimate of drug-likeness (QED) is 0.886. The Morgan fingerprint density at radius 1 is 1.15 bits per heavy atom. The van der Waals surface area contributed by atoms with Gasteiger partial charge in [-0.1, -0.05) is 0 Å². The predicted molar refractivity (Wildman–Crippen MR) is 87.2 cm³/mol. The number of ketones is 1. The van der Waals surface area contributed by atoms with Gasteiger partial charge in [-0.05, 0) is 49.4 Å². The minimum Gasteiger partial charge on any atom is -0.324 e. The molecule has 0 saturated heterocycles. The Hall–Kier alpha value is -2.64. The van der Waals surface area contributed by atoms with Gasteiger partial charge in [-0.15, -0.1) is 0 Å². The van der Waals surface area contributed by atoms with E-state index < -0.39 is 17.9 Å². The molecule has 2 aromatic rings. The summed E-state index contributed by atoms with van der Waals surface area (Å²) in [6.07, 6.45) is -1.80. The van der Waals surface area contributed by atoms with Crippen LogP contribution in [-0.4, -0.2) is 21.2 Å². The van der Waals surface area contributed by atoms with E-state index in [9.17, 15) is 22.8 Å². The van der Waals surface area contributed by atoms with E-state index in [1.807, 2.05) is 0 Å². The number of imidazole rings is 1. The lowest BCUT2D eigenvalue weighted by Crippen LogP contribution is -2.20. The molecule has 1 aliphatic heterocycles. The Bertz CT molecular complexity index is 915. The van der Waals surface area contributed by atoms with Crippen LogP contribution in [0.25, 0.3) is 0 Å². The number of alkyl halides is 3. The number of nitrogens with zero attached hydrogens (tertiary/aromatic N) is 2. The molecule has 0 atom stereocenters. The standard InChI is InChI=1S/C18H16F3N3O2/c19-18(20,21)17-23-15(13-3-1-2-8-24(13)17)16(26)22-11-5-6-12-10(9-11)4-7-14(12)25/h5-6,9H,1-4,7-8H2,(H,22,26). The van der Waals surface area contributed by atoms with Crippen LogP contribution in [0, 0.1) is 0 Å². The lowest BCUT2D eigenvalue weighted by atomic mass is 10.1. The number of amides is 1. The Morgan fingerprint density at radius 3 is 2.73 bits per heavy atom. The maximum Gasteiger partial charge on any atom is 0.449 e. The number of aromatic nitrogens is 2.